The number of amides is 1. The summed E-state index contributed by atoms with van der Waals surface area (Å²) < 4.78 is 23.7. The van der Waals surface area contributed by atoms with Crippen molar-refractivity contribution in [2.45, 2.75) is 12.2 Å². The third kappa shape index (κ3) is 3.80. The van der Waals surface area contributed by atoms with E-state index < -0.39 is 21.0 Å². The molecule has 0 aliphatic carbocycles. The van der Waals surface area contributed by atoms with Crippen LogP contribution in [0.4, 0.5) is 5.13 Å². The van der Waals surface area contributed by atoms with Gasteiger partial charge in [0.1, 0.15) is 5.25 Å². The molecule has 0 bridgehead atoms. The van der Waals surface area contributed by atoms with Gasteiger partial charge in [-0.1, -0.05) is 36.4 Å². The van der Waals surface area contributed by atoms with Crippen LogP contribution in [0.15, 0.2) is 48.4 Å². The SMILES string of the molecule is C=CCS(=O)(=O)C(C)C(=O)Nc1nc(-c2ccccc2)cs1. The second kappa shape index (κ2) is 6.85. The van der Waals surface area contributed by atoms with Crippen molar-refractivity contribution in [3.8, 4) is 11.3 Å². The number of rotatable bonds is 6. The van der Waals surface area contributed by atoms with E-state index in [2.05, 4.69) is 16.9 Å². The van der Waals surface area contributed by atoms with Crippen LogP contribution in [0.5, 0.6) is 0 Å². The van der Waals surface area contributed by atoms with Gasteiger partial charge in [-0.15, -0.1) is 17.9 Å². The average Bonchev–Trinajstić information content (AvgIpc) is 2.95. The maximum atomic E-state index is 12.0. The normalized spacial score (nSPS) is 12.6. The highest BCUT2D eigenvalue weighted by molar-refractivity contribution is 7.92. The zero-order valence-corrected chi connectivity index (χ0v) is 13.7. The molecule has 0 radical (unpaired) electrons. The van der Waals surface area contributed by atoms with Crippen LogP contribution in [0, 0.1) is 0 Å². The van der Waals surface area contributed by atoms with Gasteiger partial charge in [-0.2, -0.15) is 0 Å². The monoisotopic (exact) mass is 336 g/mol. The van der Waals surface area contributed by atoms with E-state index >= 15 is 0 Å². The number of benzene rings is 1. The number of carbonyl (C=O) groups excluding carboxylic acids is 1. The Morgan fingerprint density at radius 3 is 2.73 bits per heavy atom. The minimum Gasteiger partial charge on any atom is -0.301 e. The molecule has 5 nitrogen and oxygen atoms in total. The minimum atomic E-state index is -3.53. The van der Waals surface area contributed by atoms with Gasteiger partial charge < -0.3 is 5.32 Å². The molecule has 0 aliphatic heterocycles. The second-order valence-electron chi connectivity index (χ2n) is 4.65. The van der Waals surface area contributed by atoms with Gasteiger partial charge in [-0.3, -0.25) is 4.79 Å². The Hall–Kier alpha value is -1.99. The number of nitrogens with zero attached hydrogens (tertiary/aromatic N) is 1. The fourth-order valence-corrected chi connectivity index (χ4v) is 3.48. The van der Waals surface area contributed by atoms with E-state index in [0.29, 0.717) is 5.13 Å². The van der Waals surface area contributed by atoms with E-state index in [1.165, 1.54) is 24.3 Å². The van der Waals surface area contributed by atoms with E-state index in [1.807, 2.05) is 35.7 Å². The van der Waals surface area contributed by atoms with Gasteiger partial charge in [0.05, 0.1) is 11.4 Å². The summed E-state index contributed by atoms with van der Waals surface area (Å²) in [4.78, 5) is 16.3. The molecule has 0 saturated heterocycles. The molecule has 1 unspecified atom stereocenters. The van der Waals surface area contributed by atoms with E-state index in [-0.39, 0.29) is 5.75 Å². The van der Waals surface area contributed by atoms with Crippen LogP contribution in [0.1, 0.15) is 6.92 Å². The van der Waals surface area contributed by atoms with Crippen LogP contribution in [0.3, 0.4) is 0 Å². The first kappa shape index (κ1) is 16.4. The average molecular weight is 336 g/mol. The summed E-state index contributed by atoms with van der Waals surface area (Å²) in [6.45, 7) is 4.75. The Morgan fingerprint density at radius 1 is 1.41 bits per heavy atom. The van der Waals surface area contributed by atoms with Gasteiger partial charge >= 0.3 is 0 Å². The Balaban J connectivity index is 2.10. The van der Waals surface area contributed by atoms with Gasteiger partial charge in [0.15, 0.2) is 15.0 Å². The summed E-state index contributed by atoms with van der Waals surface area (Å²) in [7, 11) is -3.53. The quantitative estimate of drug-likeness (QED) is 0.823. The maximum absolute atomic E-state index is 12.0. The molecule has 0 aliphatic rings. The first-order valence-electron chi connectivity index (χ1n) is 6.58. The fourth-order valence-electron chi connectivity index (χ4n) is 1.75. The molecule has 116 valence electrons. The summed E-state index contributed by atoms with van der Waals surface area (Å²) in [5.41, 5.74) is 1.68. The minimum absolute atomic E-state index is 0.227. The molecule has 1 aromatic carbocycles. The Morgan fingerprint density at radius 2 is 2.09 bits per heavy atom. The Bertz CT molecular complexity index is 767. The second-order valence-corrected chi connectivity index (χ2v) is 7.88. The van der Waals surface area contributed by atoms with Crippen LogP contribution in [0.2, 0.25) is 0 Å². The highest BCUT2D eigenvalue weighted by Gasteiger charge is 2.27. The van der Waals surface area contributed by atoms with Crippen molar-refractivity contribution >= 4 is 32.2 Å². The van der Waals surface area contributed by atoms with E-state index in [9.17, 15) is 13.2 Å². The van der Waals surface area contributed by atoms with Crippen molar-refractivity contribution < 1.29 is 13.2 Å². The molecule has 1 N–H and O–H groups in total. The topological polar surface area (TPSA) is 76.1 Å². The van der Waals surface area contributed by atoms with Crippen molar-refractivity contribution in [1.82, 2.24) is 4.98 Å². The number of anilines is 1. The molecular weight excluding hydrogens is 320 g/mol. The molecule has 0 spiro atoms. The smallest absolute Gasteiger partial charge is 0.244 e. The lowest BCUT2D eigenvalue weighted by molar-refractivity contribution is -0.115. The standard InChI is InChI=1S/C15H16N2O3S2/c1-3-9-22(19,20)11(2)14(18)17-15-16-13(10-21-15)12-7-5-4-6-8-12/h3-8,10-11H,1,9H2,2H3,(H,16,17,18). The number of thiazole rings is 1. The van der Waals surface area contributed by atoms with Crippen molar-refractivity contribution in [2.24, 2.45) is 0 Å². The molecule has 1 atom stereocenters. The lowest BCUT2D eigenvalue weighted by Gasteiger charge is -2.10. The molecule has 1 heterocycles. The number of hydrogen-bond donors (Lipinski definition) is 1. The number of hydrogen-bond acceptors (Lipinski definition) is 5. The molecule has 1 aromatic heterocycles. The van der Waals surface area contributed by atoms with Crippen LogP contribution in [-0.2, 0) is 14.6 Å². The maximum Gasteiger partial charge on any atom is 0.244 e. The zero-order chi connectivity index (χ0) is 16.2. The van der Waals surface area contributed by atoms with Gasteiger partial charge in [0.2, 0.25) is 5.91 Å². The van der Waals surface area contributed by atoms with Crippen molar-refractivity contribution in [3.05, 3.63) is 48.4 Å². The largest absolute Gasteiger partial charge is 0.301 e. The predicted molar refractivity (Wildman–Crippen MR) is 89.6 cm³/mol. The van der Waals surface area contributed by atoms with E-state index in [0.717, 1.165) is 11.3 Å². The number of aromatic nitrogens is 1. The molecule has 0 saturated carbocycles. The van der Waals surface area contributed by atoms with Crippen LogP contribution < -0.4 is 5.32 Å². The molecule has 2 aromatic rings. The van der Waals surface area contributed by atoms with Crippen molar-refractivity contribution in [3.63, 3.8) is 0 Å². The number of nitrogens with one attached hydrogen (secondary N) is 1. The predicted octanol–water partition coefficient (Wildman–Crippen LogP) is 2.74. The summed E-state index contributed by atoms with van der Waals surface area (Å²) in [6, 6.07) is 9.54. The first-order chi connectivity index (χ1) is 10.4. The van der Waals surface area contributed by atoms with Gasteiger partial charge in [0, 0.05) is 10.9 Å². The highest BCUT2D eigenvalue weighted by Crippen LogP contribution is 2.24. The summed E-state index contributed by atoms with van der Waals surface area (Å²) in [5, 5.41) is 3.60. The number of sulfone groups is 1. The molecule has 7 heteroatoms. The van der Waals surface area contributed by atoms with Crippen LogP contribution in [0.25, 0.3) is 11.3 Å². The molecular formula is C15H16N2O3S2. The van der Waals surface area contributed by atoms with Gasteiger partial charge in [0.25, 0.3) is 0 Å². The fraction of sp³-hybridized carbons (Fsp3) is 0.200. The molecule has 22 heavy (non-hydrogen) atoms. The lowest BCUT2D eigenvalue weighted by Crippen LogP contribution is -2.33. The Labute approximate surface area is 133 Å². The first-order valence-corrected chi connectivity index (χ1v) is 9.18. The van der Waals surface area contributed by atoms with Gasteiger partial charge in [-0.05, 0) is 6.92 Å². The molecule has 0 fully saturated rings. The van der Waals surface area contributed by atoms with Gasteiger partial charge in [-0.25, -0.2) is 13.4 Å². The van der Waals surface area contributed by atoms with Crippen molar-refractivity contribution in [2.75, 3.05) is 11.1 Å². The van der Waals surface area contributed by atoms with Crippen LogP contribution in [-0.4, -0.2) is 30.3 Å². The van der Waals surface area contributed by atoms with Crippen LogP contribution >= 0.6 is 11.3 Å². The van der Waals surface area contributed by atoms with E-state index in [1.54, 1.807) is 0 Å². The zero-order valence-electron chi connectivity index (χ0n) is 12.0. The summed E-state index contributed by atoms with van der Waals surface area (Å²) >= 11 is 1.26. The molecule has 2 rings (SSSR count). The van der Waals surface area contributed by atoms with Crippen molar-refractivity contribution in [1.29, 1.82) is 0 Å². The highest BCUT2D eigenvalue weighted by atomic mass is 32.2. The number of carbonyl (C=O) groups is 1. The third-order valence-electron chi connectivity index (χ3n) is 3.06. The summed E-state index contributed by atoms with van der Waals surface area (Å²) in [5.74, 6) is -0.815. The van der Waals surface area contributed by atoms with E-state index in [4.69, 9.17) is 0 Å². The third-order valence-corrected chi connectivity index (χ3v) is 5.81. The molecule has 1 amide bonds. The lowest BCUT2D eigenvalue weighted by atomic mass is 10.2. The Kier molecular flexibility index (Phi) is 5.10. The summed E-state index contributed by atoms with van der Waals surface area (Å²) in [6.07, 6.45) is 1.27.